The molecular formula is C8H16N2O4S2. The molecule has 0 aromatic carbocycles. The summed E-state index contributed by atoms with van der Waals surface area (Å²) < 4.78 is 48.0. The van der Waals surface area contributed by atoms with E-state index in [1.165, 1.54) is 4.31 Å². The first-order valence-electron chi connectivity index (χ1n) is 5.26. The van der Waals surface area contributed by atoms with Gasteiger partial charge in [-0.1, -0.05) is 0 Å². The molecule has 2 aliphatic rings. The van der Waals surface area contributed by atoms with Crippen molar-refractivity contribution in [3.63, 3.8) is 0 Å². The number of hydrogen-bond donors (Lipinski definition) is 1. The van der Waals surface area contributed by atoms with E-state index < -0.39 is 25.1 Å². The van der Waals surface area contributed by atoms with Crippen LogP contribution in [0.3, 0.4) is 0 Å². The molecule has 2 rings (SSSR count). The van der Waals surface area contributed by atoms with E-state index in [9.17, 15) is 16.8 Å². The Bertz CT molecular complexity index is 470. The summed E-state index contributed by atoms with van der Waals surface area (Å²) in [4.78, 5) is 0. The van der Waals surface area contributed by atoms with Crippen LogP contribution in [0, 0.1) is 0 Å². The van der Waals surface area contributed by atoms with Crippen molar-refractivity contribution < 1.29 is 16.8 Å². The monoisotopic (exact) mass is 268 g/mol. The zero-order valence-electron chi connectivity index (χ0n) is 8.87. The average Bonchev–Trinajstić information content (AvgIpc) is 2.72. The van der Waals surface area contributed by atoms with Crippen LogP contribution in [0.15, 0.2) is 0 Å². The molecule has 2 atom stereocenters. The fourth-order valence-electron chi connectivity index (χ4n) is 2.19. The first-order chi connectivity index (χ1) is 7.31. The Labute approximate surface area is 95.8 Å². The van der Waals surface area contributed by atoms with Crippen molar-refractivity contribution in [1.29, 1.82) is 0 Å². The first-order valence-corrected chi connectivity index (χ1v) is 8.59. The van der Waals surface area contributed by atoms with Crippen LogP contribution >= 0.6 is 0 Å². The molecule has 0 bridgehead atoms. The molecule has 2 aliphatic heterocycles. The SMILES string of the molecule is N[C@H]1CCN(S(=O)(=O)C2CCS(=O)(=O)C2)C1. The van der Waals surface area contributed by atoms with Gasteiger partial charge in [-0.25, -0.2) is 21.1 Å². The Morgan fingerprint density at radius 3 is 2.38 bits per heavy atom. The Morgan fingerprint density at radius 2 is 1.94 bits per heavy atom. The molecule has 6 nitrogen and oxygen atoms in total. The normalized spacial score (nSPS) is 35.6. The fourth-order valence-corrected chi connectivity index (χ4v) is 6.79. The van der Waals surface area contributed by atoms with Crippen LogP contribution in [0.4, 0.5) is 0 Å². The number of sulfone groups is 1. The molecule has 94 valence electrons. The van der Waals surface area contributed by atoms with E-state index in [2.05, 4.69) is 0 Å². The summed E-state index contributed by atoms with van der Waals surface area (Å²) in [5.41, 5.74) is 5.65. The number of nitrogens with zero attached hydrogens (tertiary/aromatic N) is 1. The van der Waals surface area contributed by atoms with Crippen molar-refractivity contribution in [2.75, 3.05) is 24.6 Å². The quantitative estimate of drug-likeness (QED) is 0.660. The summed E-state index contributed by atoms with van der Waals surface area (Å²) in [7, 11) is -6.63. The maximum absolute atomic E-state index is 12.1. The van der Waals surface area contributed by atoms with Crippen LogP contribution < -0.4 is 5.73 Å². The van der Waals surface area contributed by atoms with Crippen LogP contribution in [0.25, 0.3) is 0 Å². The van der Waals surface area contributed by atoms with Gasteiger partial charge in [-0.2, -0.15) is 0 Å². The maximum Gasteiger partial charge on any atom is 0.218 e. The van der Waals surface area contributed by atoms with Gasteiger partial charge in [-0.3, -0.25) is 0 Å². The second kappa shape index (κ2) is 3.94. The third-order valence-corrected chi connectivity index (χ3v) is 7.43. The summed E-state index contributed by atoms with van der Waals surface area (Å²) in [6.45, 7) is 0.735. The van der Waals surface area contributed by atoms with E-state index >= 15 is 0 Å². The van der Waals surface area contributed by atoms with Crippen LogP contribution in [0.2, 0.25) is 0 Å². The third-order valence-electron chi connectivity index (χ3n) is 3.16. The van der Waals surface area contributed by atoms with E-state index in [4.69, 9.17) is 5.73 Å². The fraction of sp³-hybridized carbons (Fsp3) is 1.00. The van der Waals surface area contributed by atoms with Crippen LogP contribution in [-0.2, 0) is 19.9 Å². The smallest absolute Gasteiger partial charge is 0.218 e. The second-order valence-electron chi connectivity index (χ2n) is 4.48. The van der Waals surface area contributed by atoms with Gasteiger partial charge in [-0.15, -0.1) is 0 Å². The highest BCUT2D eigenvalue weighted by Crippen LogP contribution is 2.24. The number of sulfonamides is 1. The van der Waals surface area contributed by atoms with Crippen molar-refractivity contribution in [2.45, 2.75) is 24.1 Å². The highest BCUT2D eigenvalue weighted by molar-refractivity contribution is 7.95. The molecule has 2 saturated heterocycles. The van der Waals surface area contributed by atoms with Crippen LogP contribution in [0.5, 0.6) is 0 Å². The maximum atomic E-state index is 12.1. The van der Waals surface area contributed by atoms with Gasteiger partial charge in [0.1, 0.15) is 0 Å². The van der Waals surface area contributed by atoms with Crippen molar-refractivity contribution in [1.82, 2.24) is 4.31 Å². The lowest BCUT2D eigenvalue weighted by molar-refractivity contribution is 0.463. The average molecular weight is 268 g/mol. The summed E-state index contributed by atoms with van der Waals surface area (Å²) in [6, 6.07) is -0.118. The molecular weight excluding hydrogens is 252 g/mol. The molecule has 0 amide bonds. The molecule has 0 aliphatic carbocycles. The Balaban J connectivity index is 2.15. The van der Waals surface area contributed by atoms with Gasteiger partial charge in [0.2, 0.25) is 10.0 Å². The standard InChI is InChI=1S/C8H16N2O4S2/c9-7-1-3-10(5-7)16(13,14)8-2-4-15(11,12)6-8/h7-8H,1-6,9H2/t7-,8?/m0/s1. The minimum Gasteiger partial charge on any atom is -0.326 e. The Hall–Kier alpha value is -0.180. The minimum absolute atomic E-state index is 0.0171. The van der Waals surface area contributed by atoms with E-state index in [0.29, 0.717) is 19.5 Å². The second-order valence-corrected chi connectivity index (χ2v) is 8.92. The number of hydrogen-bond acceptors (Lipinski definition) is 5. The van der Waals surface area contributed by atoms with Gasteiger partial charge in [0.05, 0.1) is 16.8 Å². The van der Waals surface area contributed by atoms with Gasteiger partial charge in [0, 0.05) is 19.1 Å². The molecule has 0 spiro atoms. The molecule has 0 radical (unpaired) electrons. The molecule has 16 heavy (non-hydrogen) atoms. The molecule has 2 N–H and O–H groups in total. The zero-order chi connectivity index (χ0) is 12.0. The third kappa shape index (κ3) is 2.24. The van der Waals surface area contributed by atoms with E-state index in [0.717, 1.165) is 0 Å². The minimum atomic E-state index is -3.47. The lowest BCUT2D eigenvalue weighted by Gasteiger charge is -2.19. The van der Waals surface area contributed by atoms with Gasteiger partial charge in [0.15, 0.2) is 9.84 Å². The topological polar surface area (TPSA) is 97.5 Å². The molecule has 0 aromatic rings. The van der Waals surface area contributed by atoms with E-state index in [1.54, 1.807) is 0 Å². The highest BCUT2D eigenvalue weighted by atomic mass is 32.2. The molecule has 2 heterocycles. The van der Waals surface area contributed by atoms with Gasteiger partial charge >= 0.3 is 0 Å². The van der Waals surface area contributed by atoms with Crippen LogP contribution in [0.1, 0.15) is 12.8 Å². The number of rotatable bonds is 2. The summed E-state index contributed by atoms with van der Waals surface area (Å²) >= 11 is 0. The van der Waals surface area contributed by atoms with Gasteiger partial charge < -0.3 is 5.73 Å². The van der Waals surface area contributed by atoms with E-state index in [1.807, 2.05) is 0 Å². The summed E-state index contributed by atoms with van der Waals surface area (Å²) in [6.07, 6.45) is 0.870. The zero-order valence-corrected chi connectivity index (χ0v) is 10.5. The predicted octanol–water partition coefficient (Wildman–Crippen LogP) is -1.46. The highest BCUT2D eigenvalue weighted by Gasteiger charge is 2.42. The lowest BCUT2D eigenvalue weighted by Crippen LogP contribution is -2.39. The molecule has 0 saturated carbocycles. The molecule has 0 aromatic heterocycles. The van der Waals surface area contributed by atoms with Crippen molar-refractivity contribution in [3.05, 3.63) is 0 Å². The van der Waals surface area contributed by atoms with Crippen molar-refractivity contribution in [2.24, 2.45) is 5.73 Å². The van der Waals surface area contributed by atoms with Gasteiger partial charge in [-0.05, 0) is 12.8 Å². The Kier molecular flexibility index (Phi) is 3.02. The Morgan fingerprint density at radius 1 is 1.25 bits per heavy atom. The largest absolute Gasteiger partial charge is 0.326 e. The van der Waals surface area contributed by atoms with Crippen molar-refractivity contribution in [3.8, 4) is 0 Å². The van der Waals surface area contributed by atoms with Crippen molar-refractivity contribution >= 4 is 19.9 Å². The lowest BCUT2D eigenvalue weighted by atomic mass is 10.3. The summed E-state index contributed by atoms with van der Waals surface area (Å²) in [5, 5.41) is -0.761. The first kappa shape index (κ1) is 12.3. The number of nitrogens with two attached hydrogens (primary N) is 1. The molecule has 2 fully saturated rings. The van der Waals surface area contributed by atoms with Gasteiger partial charge in [0.25, 0.3) is 0 Å². The molecule has 1 unspecified atom stereocenters. The molecule has 8 heteroatoms. The predicted molar refractivity (Wildman–Crippen MR) is 60.1 cm³/mol. The van der Waals surface area contributed by atoms with E-state index in [-0.39, 0.29) is 24.0 Å². The van der Waals surface area contributed by atoms with Crippen LogP contribution in [-0.4, -0.2) is 57.0 Å². The summed E-state index contributed by atoms with van der Waals surface area (Å²) in [5.74, 6) is -0.252.